The lowest BCUT2D eigenvalue weighted by Gasteiger charge is -2.11. The van der Waals surface area contributed by atoms with Crippen molar-refractivity contribution >= 4 is 0 Å². The van der Waals surface area contributed by atoms with Gasteiger partial charge in [0.2, 0.25) is 0 Å². The monoisotopic (exact) mass is 192 g/mol. The van der Waals surface area contributed by atoms with Crippen LogP contribution in [0.3, 0.4) is 0 Å². The smallest absolute Gasteiger partial charge is 0.109 e. The van der Waals surface area contributed by atoms with Crippen molar-refractivity contribution in [2.24, 2.45) is 0 Å². The molecule has 1 unspecified atom stereocenters. The van der Waals surface area contributed by atoms with Crippen LogP contribution in [-0.2, 0) is 6.42 Å². The summed E-state index contributed by atoms with van der Waals surface area (Å²) in [4.78, 5) is 0. The van der Waals surface area contributed by atoms with E-state index >= 15 is 0 Å². The third-order valence-electron chi connectivity index (χ3n) is 2.82. The molecule has 2 rings (SSSR count). The van der Waals surface area contributed by atoms with Gasteiger partial charge in [-0.2, -0.15) is 0 Å². The van der Waals surface area contributed by atoms with Crippen LogP contribution in [0.4, 0.5) is 0 Å². The predicted octanol–water partition coefficient (Wildman–Crippen LogP) is 2.99. The Morgan fingerprint density at radius 2 is 2.43 bits per heavy atom. The van der Waals surface area contributed by atoms with E-state index in [2.05, 4.69) is 6.08 Å². The number of hydrogen-bond donors (Lipinski definition) is 1. The van der Waals surface area contributed by atoms with Gasteiger partial charge in [-0.15, -0.1) is 0 Å². The van der Waals surface area contributed by atoms with Crippen LogP contribution < -0.4 is 0 Å². The van der Waals surface area contributed by atoms with Crippen LogP contribution in [0.2, 0.25) is 0 Å². The third kappa shape index (κ3) is 1.62. The van der Waals surface area contributed by atoms with Gasteiger partial charge in [0, 0.05) is 12.0 Å². The SMILES string of the molecule is CCc1occc1C(O)C1=CCCC1. The zero-order valence-electron chi connectivity index (χ0n) is 8.49. The number of furan rings is 1. The minimum Gasteiger partial charge on any atom is -0.469 e. The molecule has 1 aromatic heterocycles. The highest BCUT2D eigenvalue weighted by Gasteiger charge is 2.19. The fraction of sp³-hybridized carbons (Fsp3) is 0.500. The minimum absolute atomic E-state index is 0.439. The maximum Gasteiger partial charge on any atom is 0.109 e. The second kappa shape index (κ2) is 4.01. The van der Waals surface area contributed by atoms with Crippen LogP contribution in [0.1, 0.15) is 43.6 Å². The molecule has 0 amide bonds. The van der Waals surface area contributed by atoms with E-state index in [0.29, 0.717) is 0 Å². The summed E-state index contributed by atoms with van der Waals surface area (Å²) in [6.45, 7) is 2.04. The molecule has 1 N–H and O–H groups in total. The van der Waals surface area contributed by atoms with Crippen LogP contribution in [0.15, 0.2) is 28.4 Å². The molecule has 1 aliphatic rings. The van der Waals surface area contributed by atoms with Crippen LogP contribution in [0.25, 0.3) is 0 Å². The van der Waals surface area contributed by atoms with Gasteiger partial charge in [0.1, 0.15) is 11.9 Å². The molecular formula is C12H16O2. The average molecular weight is 192 g/mol. The summed E-state index contributed by atoms with van der Waals surface area (Å²) >= 11 is 0. The van der Waals surface area contributed by atoms with E-state index in [1.54, 1.807) is 6.26 Å². The standard InChI is InChI=1S/C12H16O2/c1-2-11-10(7-8-14-11)12(13)9-5-3-4-6-9/h5,7-8,12-13H,2-4,6H2,1H3. The van der Waals surface area contributed by atoms with Crippen LogP contribution in [0.5, 0.6) is 0 Å². The van der Waals surface area contributed by atoms with Crippen molar-refractivity contribution < 1.29 is 9.52 Å². The molecule has 14 heavy (non-hydrogen) atoms. The molecule has 0 spiro atoms. The predicted molar refractivity (Wildman–Crippen MR) is 55.0 cm³/mol. The van der Waals surface area contributed by atoms with Gasteiger partial charge in [-0.05, 0) is 30.9 Å². The Labute approximate surface area is 84.2 Å². The molecular weight excluding hydrogens is 176 g/mol. The van der Waals surface area contributed by atoms with Crippen molar-refractivity contribution in [1.82, 2.24) is 0 Å². The number of allylic oxidation sites excluding steroid dienone is 1. The summed E-state index contributed by atoms with van der Waals surface area (Å²) in [6.07, 6.45) is 7.51. The summed E-state index contributed by atoms with van der Waals surface area (Å²) in [5.74, 6) is 0.908. The number of hydrogen-bond acceptors (Lipinski definition) is 2. The first kappa shape index (κ1) is 9.53. The zero-order chi connectivity index (χ0) is 9.97. The van der Waals surface area contributed by atoms with Gasteiger partial charge in [-0.1, -0.05) is 13.0 Å². The van der Waals surface area contributed by atoms with E-state index in [4.69, 9.17) is 4.42 Å². The van der Waals surface area contributed by atoms with Crippen molar-refractivity contribution in [1.29, 1.82) is 0 Å². The van der Waals surface area contributed by atoms with E-state index in [1.165, 1.54) is 6.42 Å². The highest BCUT2D eigenvalue weighted by molar-refractivity contribution is 5.29. The van der Waals surface area contributed by atoms with E-state index < -0.39 is 6.10 Å². The van der Waals surface area contributed by atoms with Crippen molar-refractivity contribution in [3.63, 3.8) is 0 Å². The molecule has 2 heteroatoms. The summed E-state index contributed by atoms with van der Waals surface area (Å²) in [7, 11) is 0. The zero-order valence-corrected chi connectivity index (χ0v) is 8.49. The van der Waals surface area contributed by atoms with Gasteiger partial charge in [-0.25, -0.2) is 0 Å². The maximum absolute atomic E-state index is 10.1. The van der Waals surface area contributed by atoms with Crippen LogP contribution in [0, 0.1) is 0 Å². The number of aryl methyl sites for hydroxylation is 1. The molecule has 1 heterocycles. The van der Waals surface area contributed by atoms with E-state index in [-0.39, 0.29) is 0 Å². The molecule has 0 fully saturated rings. The van der Waals surface area contributed by atoms with E-state index in [1.807, 2.05) is 13.0 Å². The fourth-order valence-corrected chi connectivity index (χ4v) is 2.03. The molecule has 2 nitrogen and oxygen atoms in total. The molecule has 1 aromatic rings. The third-order valence-corrected chi connectivity index (χ3v) is 2.82. The molecule has 0 aromatic carbocycles. The Morgan fingerprint density at radius 1 is 1.57 bits per heavy atom. The fourth-order valence-electron chi connectivity index (χ4n) is 2.03. The lowest BCUT2D eigenvalue weighted by molar-refractivity contribution is 0.210. The summed E-state index contributed by atoms with van der Waals surface area (Å²) in [6, 6.07) is 1.88. The Bertz CT molecular complexity index is 336. The van der Waals surface area contributed by atoms with Crippen LogP contribution in [-0.4, -0.2) is 5.11 Å². The molecule has 1 aliphatic carbocycles. The first-order valence-corrected chi connectivity index (χ1v) is 5.26. The Morgan fingerprint density at radius 3 is 3.07 bits per heavy atom. The minimum atomic E-state index is -0.439. The summed E-state index contributed by atoms with van der Waals surface area (Å²) in [5, 5.41) is 10.1. The summed E-state index contributed by atoms with van der Waals surface area (Å²) in [5.41, 5.74) is 2.10. The Hall–Kier alpha value is -1.02. The molecule has 0 radical (unpaired) electrons. The number of aliphatic hydroxyl groups excluding tert-OH is 1. The molecule has 0 saturated carbocycles. The Kier molecular flexibility index (Phi) is 2.73. The van der Waals surface area contributed by atoms with Crippen LogP contribution >= 0.6 is 0 Å². The largest absolute Gasteiger partial charge is 0.469 e. The van der Waals surface area contributed by atoms with Gasteiger partial charge in [0.05, 0.1) is 6.26 Å². The van der Waals surface area contributed by atoms with Gasteiger partial charge in [-0.3, -0.25) is 0 Å². The molecule has 1 atom stereocenters. The van der Waals surface area contributed by atoms with Gasteiger partial charge in [0.25, 0.3) is 0 Å². The topological polar surface area (TPSA) is 33.4 Å². The van der Waals surface area contributed by atoms with Crippen molar-refractivity contribution in [3.8, 4) is 0 Å². The first-order chi connectivity index (χ1) is 6.83. The Balaban J connectivity index is 2.21. The van der Waals surface area contributed by atoms with Gasteiger partial charge in [0.15, 0.2) is 0 Å². The average Bonchev–Trinajstić information content (AvgIpc) is 2.87. The molecule has 0 saturated heterocycles. The molecule has 0 bridgehead atoms. The van der Waals surface area contributed by atoms with Gasteiger partial charge >= 0.3 is 0 Å². The highest BCUT2D eigenvalue weighted by Crippen LogP contribution is 2.32. The van der Waals surface area contributed by atoms with Gasteiger partial charge < -0.3 is 9.52 Å². The second-order valence-electron chi connectivity index (χ2n) is 3.73. The number of aliphatic hydroxyl groups is 1. The lowest BCUT2D eigenvalue weighted by atomic mass is 10.0. The van der Waals surface area contributed by atoms with Crippen molar-refractivity contribution in [3.05, 3.63) is 35.3 Å². The molecule has 0 aliphatic heterocycles. The van der Waals surface area contributed by atoms with Crippen molar-refractivity contribution in [2.75, 3.05) is 0 Å². The second-order valence-corrected chi connectivity index (χ2v) is 3.73. The van der Waals surface area contributed by atoms with E-state index in [0.717, 1.165) is 36.2 Å². The number of rotatable bonds is 3. The highest BCUT2D eigenvalue weighted by atomic mass is 16.3. The van der Waals surface area contributed by atoms with Crippen molar-refractivity contribution in [2.45, 2.75) is 38.7 Å². The lowest BCUT2D eigenvalue weighted by Crippen LogP contribution is -2.01. The maximum atomic E-state index is 10.1. The first-order valence-electron chi connectivity index (χ1n) is 5.26. The normalized spacial score (nSPS) is 18.3. The quantitative estimate of drug-likeness (QED) is 0.747. The molecule has 76 valence electrons. The summed E-state index contributed by atoms with van der Waals surface area (Å²) < 4.78 is 5.31. The van der Waals surface area contributed by atoms with E-state index in [9.17, 15) is 5.11 Å².